The van der Waals surface area contributed by atoms with E-state index in [0.29, 0.717) is 26.4 Å². The molecule has 406 valence electrons. The van der Waals surface area contributed by atoms with Crippen LogP contribution in [0.5, 0.6) is 0 Å². The molecule has 2 heterocycles. The van der Waals surface area contributed by atoms with Crippen molar-refractivity contribution in [2.24, 2.45) is 10.8 Å². The summed E-state index contributed by atoms with van der Waals surface area (Å²) < 4.78 is 55.3. The summed E-state index contributed by atoms with van der Waals surface area (Å²) >= 11 is 9.76. The molecule has 20 heteroatoms. The molecule has 0 radical (unpaired) electrons. The van der Waals surface area contributed by atoms with Gasteiger partial charge < -0.3 is 46.7 Å². The third kappa shape index (κ3) is 35.3. The van der Waals surface area contributed by atoms with Gasteiger partial charge in [-0.2, -0.15) is 23.5 Å². The topological polar surface area (TPSA) is 103 Å². The van der Waals surface area contributed by atoms with Gasteiger partial charge >= 0.3 is 46.7 Å². The van der Waals surface area contributed by atoms with Crippen LogP contribution in [0.25, 0.3) is 0 Å². The van der Waals surface area contributed by atoms with E-state index in [1.54, 1.807) is 0 Å². The summed E-state index contributed by atoms with van der Waals surface area (Å²) in [5, 5.41) is 9.15. The largest absolute Gasteiger partial charge is 1.00 e. The third-order valence-electron chi connectivity index (χ3n) is 12.2. The maximum atomic E-state index is 9.15. The number of aliphatic hydroxyl groups is 1. The van der Waals surface area contributed by atoms with Gasteiger partial charge in [0, 0.05) is 23.3 Å². The van der Waals surface area contributed by atoms with Gasteiger partial charge in [0.25, 0.3) is 0 Å². The molecular formula is C48H110ClNaO10S2Si6. The van der Waals surface area contributed by atoms with Gasteiger partial charge in [0.2, 0.25) is 0 Å². The van der Waals surface area contributed by atoms with Crippen molar-refractivity contribution in [3.05, 3.63) is 0 Å². The fraction of sp³-hybridized carbons (Fsp3) is 1.00. The predicted molar refractivity (Wildman–Crippen MR) is 309 cm³/mol. The van der Waals surface area contributed by atoms with Crippen LogP contribution >= 0.6 is 35.1 Å². The normalized spacial score (nSPS) is 18.4. The molecule has 2 saturated heterocycles. The van der Waals surface area contributed by atoms with Crippen molar-refractivity contribution in [3.8, 4) is 0 Å². The minimum Gasteiger partial charge on any atom is -1.00 e. The number of thioether (sulfide) groups is 2. The molecule has 0 aliphatic carbocycles. The van der Waals surface area contributed by atoms with Gasteiger partial charge in [-0.05, 0) is 179 Å². The number of alkyl halides is 1. The average molecular weight is 1140 g/mol. The van der Waals surface area contributed by atoms with Crippen molar-refractivity contribution in [2.45, 2.75) is 221 Å². The first-order valence-corrected chi connectivity index (χ1v) is 46.9. The summed E-state index contributed by atoms with van der Waals surface area (Å²) in [7, 11) is -10.6. The Kier molecular flexibility index (Phi) is 37.1. The number of aliphatic hydroxyl groups excluding tert-OH is 1. The molecule has 0 saturated carbocycles. The van der Waals surface area contributed by atoms with Crippen molar-refractivity contribution >= 4 is 85.5 Å². The molecule has 0 bridgehead atoms. The van der Waals surface area contributed by atoms with Crippen LogP contribution in [0.4, 0.5) is 0 Å². The summed E-state index contributed by atoms with van der Waals surface area (Å²) in [6, 6.07) is 4.87. The minimum atomic E-state index is -2.07. The van der Waals surface area contributed by atoms with Gasteiger partial charge in [-0.15, -0.1) is 11.6 Å². The standard InChI is InChI=1S/C24H54O5SSi3.C15H37ClO2SSi3.C9H18O3.Na.H/c1-11-13-18-31(5,6)28-33(9,10)29-32(7,8)19-17-30-16-14-15-25-20-24(12-2)21-26-23(3,4)27-22-24;1-8-9-14-20(2,3)17-22(6,7)18-21(4,5)15-13-19-12-10-11-16;1-4-9(5-10)6-11-8(2,3)12-7-9;;/h11-22H2,1-10H3;8-15H2,1-7H3;10H,4-7H2,1-3H3;;/q;;;+1;-1. The summed E-state index contributed by atoms with van der Waals surface area (Å²) in [5.74, 6) is 4.49. The summed E-state index contributed by atoms with van der Waals surface area (Å²) in [6.45, 7) is 48.5. The van der Waals surface area contributed by atoms with E-state index in [1.807, 2.05) is 58.1 Å². The third-order valence-corrected chi connectivity index (χ3v) is 38.1. The Bertz CT molecular complexity index is 1290. The second kappa shape index (κ2) is 34.6. The first kappa shape index (κ1) is 73.0. The van der Waals surface area contributed by atoms with Gasteiger partial charge in [0.15, 0.2) is 44.8 Å². The molecule has 0 unspecified atom stereocenters. The van der Waals surface area contributed by atoms with Crippen LogP contribution in [-0.4, -0.2) is 142 Å². The van der Waals surface area contributed by atoms with Crippen LogP contribution < -0.4 is 29.6 Å². The zero-order valence-corrected chi connectivity index (χ0v) is 58.7. The van der Waals surface area contributed by atoms with Crippen molar-refractivity contribution < 1.29 is 76.2 Å². The molecule has 0 aromatic carbocycles. The van der Waals surface area contributed by atoms with E-state index in [4.69, 9.17) is 56.9 Å². The molecule has 0 amide bonds. The van der Waals surface area contributed by atoms with Crippen LogP contribution in [0.3, 0.4) is 0 Å². The quantitative estimate of drug-likeness (QED) is 0.0394. The van der Waals surface area contributed by atoms with Gasteiger partial charge in [-0.3, -0.25) is 0 Å². The smallest absolute Gasteiger partial charge is 1.00 e. The van der Waals surface area contributed by atoms with Crippen molar-refractivity contribution in [1.29, 1.82) is 0 Å². The van der Waals surface area contributed by atoms with Gasteiger partial charge in [0.05, 0.1) is 39.6 Å². The van der Waals surface area contributed by atoms with Crippen LogP contribution in [0, 0.1) is 10.8 Å². The second-order valence-corrected chi connectivity index (χ2v) is 51.2. The fourth-order valence-electron chi connectivity index (χ4n) is 7.93. The molecule has 2 aliphatic rings. The number of halogens is 1. The molecule has 10 nitrogen and oxygen atoms in total. The van der Waals surface area contributed by atoms with E-state index in [-0.39, 0.29) is 48.4 Å². The molecule has 0 aromatic rings. The van der Waals surface area contributed by atoms with Crippen LogP contribution in [-0.2, 0) is 40.1 Å². The number of ether oxygens (including phenoxy) is 5. The molecule has 68 heavy (non-hydrogen) atoms. The minimum absolute atomic E-state index is 0. The SMILES string of the molecule is CCC1(CO)COC(C)(C)OC1.CCCC[Si](C)(C)O[Si](C)(C)O[Si](C)(C)CCSCCCCl.CCCC[Si](C)(C)O[Si](C)(C)O[Si](C)(C)CCSCCCOCC1(CC)COC(C)(C)OC1.[H-].[Na+]. The Labute approximate surface area is 464 Å². The van der Waals surface area contributed by atoms with E-state index in [1.165, 1.54) is 61.4 Å². The summed E-state index contributed by atoms with van der Waals surface area (Å²) in [6.07, 6.45) is 9.13. The molecule has 0 spiro atoms. The van der Waals surface area contributed by atoms with Crippen LogP contribution in [0.1, 0.15) is 108 Å². The summed E-state index contributed by atoms with van der Waals surface area (Å²) in [4.78, 5) is 0. The zero-order chi connectivity index (χ0) is 51.7. The number of hydrogen-bond acceptors (Lipinski definition) is 12. The summed E-state index contributed by atoms with van der Waals surface area (Å²) in [5.41, 5.74) is -0.169. The van der Waals surface area contributed by atoms with Crippen LogP contribution in [0.2, 0.25) is 103 Å². The molecular weight excluding hydrogens is 1030 g/mol. The first-order valence-electron chi connectivity index (χ1n) is 26.0. The Morgan fingerprint density at radius 3 is 1.18 bits per heavy atom. The van der Waals surface area contributed by atoms with Crippen molar-refractivity contribution in [2.75, 3.05) is 75.1 Å². The Balaban J connectivity index is -0.00000104. The molecule has 2 aliphatic heterocycles. The Morgan fingerprint density at radius 1 is 0.515 bits per heavy atom. The van der Waals surface area contributed by atoms with Gasteiger partial charge in [-0.25, -0.2) is 0 Å². The van der Waals surface area contributed by atoms with E-state index >= 15 is 0 Å². The number of rotatable bonds is 32. The zero-order valence-electron chi connectivity index (χ0n) is 49.3. The first-order chi connectivity index (χ1) is 30.7. The number of unbranched alkanes of at least 4 members (excludes halogenated alkanes) is 2. The van der Waals surface area contributed by atoms with E-state index < -0.39 is 62.0 Å². The van der Waals surface area contributed by atoms with Crippen molar-refractivity contribution in [3.63, 3.8) is 0 Å². The molecule has 2 rings (SSSR count). The predicted octanol–water partition coefficient (Wildman–Crippen LogP) is 11.8. The van der Waals surface area contributed by atoms with Gasteiger partial charge in [0.1, 0.15) is 0 Å². The maximum Gasteiger partial charge on any atom is 1.00 e. The maximum absolute atomic E-state index is 9.15. The number of hydrogen-bond donors (Lipinski definition) is 1. The monoisotopic (exact) mass is 1140 g/mol. The Hall–Kier alpha value is 2.89. The van der Waals surface area contributed by atoms with Gasteiger partial charge in [-0.1, -0.05) is 53.4 Å². The fourth-order valence-corrected chi connectivity index (χ4v) is 40.8. The molecule has 1 N–H and O–H groups in total. The van der Waals surface area contributed by atoms with E-state index in [9.17, 15) is 0 Å². The Morgan fingerprint density at radius 2 is 0.853 bits per heavy atom. The van der Waals surface area contributed by atoms with Crippen molar-refractivity contribution in [1.82, 2.24) is 0 Å². The molecule has 0 aromatic heterocycles. The molecule has 0 atom stereocenters. The van der Waals surface area contributed by atoms with E-state index in [2.05, 4.69) is 99.3 Å². The van der Waals surface area contributed by atoms with E-state index in [0.717, 1.165) is 56.3 Å². The molecule has 2 fully saturated rings. The second-order valence-electron chi connectivity index (χ2n) is 23.4. The van der Waals surface area contributed by atoms with Crippen LogP contribution in [0.15, 0.2) is 0 Å². The average Bonchev–Trinajstić information content (AvgIpc) is 3.20.